The summed E-state index contributed by atoms with van der Waals surface area (Å²) in [4.78, 5) is 9.96. The summed E-state index contributed by atoms with van der Waals surface area (Å²) < 4.78 is 7.88. The quantitative estimate of drug-likeness (QED) is 0.260. The number of benzene rings is 1. The first-order chi connectivity index (χ1) is 17.0. The van der Waals surface area contributed by atoms with E-state index < -0.39 is 0 Å². The highest BCUT2D eigenvalue weighted by atomic mass is 16.5. The van der Waals surface area contributed by atoms with Gasteiger partial charge in [-0.25, -0.2) is 4.98 Å². The lowest BCUT2D eigenvalue weighted by molar-refractivity contribution is 0.318. The van der Waals surface area contributed by atoms with Crippen LogP contribution in [0.15, 0.2) is 65.9 Å². The molecule has 1 aromatic carbocycles. The largest absolute Gasteiger partial charge is 0.361 e. The molecule has 0 amide bonds. The van der Waals surface area contributed by atoms with Gasteiger partial charge < -0.3 is 9.09 Å². The average molecular weight is 467 g/mol. The van der Waals surface area contributed by atoms with Crippen LogP contribution in [-0.4, -0.2) is 19.7 Å². The number of allylic oxidation sites excluding steroid dienone is 4. The van der Waals surface area contributed by atoms with Gasteiger partial charge in [0.05, 0.1) is 22.9 Å². The van der Waals surface area contributed by atoms with Crippen molar-refractivity contribution in [2.24, 2.45) is 5.92 Å². The van der Waals surface area contributed by atoms with E-state index in [2.05, 4.69) is 48.0 Å². The van der Waals surface area contributed by atoms with Crippen LogP contribution in [0.4, 0.5) is 0 Å². The summed E-state index contributed by atoms with van der Waals surface area (Å²) in [5.74, 6) is 2.68. The minimum atomic E-state index is 0.109. The molecule has 1 aliphatic rings. The molecule has 5 nitrogen and oxygen atoms in total. The van der Waals surface area contributed by atoms with E-state index in [0.717, 1.165) is 56.9 Å². The summed E-state index contributed by atoms with van der Waals surface area (Å²) in [6.45, 7) is 15.1. The molecule has 1 aliphatic carbocycles. The Morgan fingerprint density at radius 1 is 1.17 bits per heavy atom. The number of hydrogen-bond acceptors (Lipinski definition) is 4. The van der Waals surface area contributed by atoms with Crippen molar-refractivity contribution in [2.75, 3.05) is 0 Å². The summed E-state index contributed by atoms with van der Waals surface area (Å²) in [6, 6.07) is 6.49. The van der Waals surface area contributed by atoms with Gasteiger partial charge in [0.25, 0.3) is 0 Å². The second-order valence-corrected chi connectivity index (χ2v) is 9.84. The molecule has 0 spiro atoms. The number of rotatable bonds is 7. The summed E-state index contributed by atoms with van der Waals surface area (Å²) in [7, 11) is 0. The van der Waals surface area contributed by atoms with Crippen molar-refractivity contribution in [1.29, 1.82) is 0 Å². The monoisotopic (exact) mass is 466 g/mol. The van der Waals surface area contributed by atoms with Crippen LogP contribution in [0.5, 0.6) is 0 Å². The molecule has 5 rings (SSSR count). The maximum atomic E-state index is 5.41. The number of nitrogens with zero attached hydrogens (tertiary/aromatic N) is 4. The molecule has 5 heteroatoms. The lowest BCUT2D eigenvalue weighted by atomic mass is 9.89. The number of hydrogen-bond donors (Lipinski definition) is 0. The van der Waals surface area contributed by atoms with E-state index in [1.165, 1.54) is 37.6 Å². The first-order valence-electron chi connectivity index (χ1n) is 12.7. The fourth-order valence-corrected chi connectivity index (χ4v) is 5.70. The number of fused-ring (bicyclic) bond motifs is 3. The van der Waals surface area contributed by atoms with Crippen molar-refractivity contribution in [3.63, 3.8) is 0 Å². The van der Waals surface area contributed by atoms with Crippen LogP contribution in [0.3, 0.4) is 0 Å². The van der Waals surface area contributed by atoms with E-state index in [0.29, 0.717) is 5.92 Å². The number of aryl methyl sites for hydroxylation is 2. The smallest absolute Gasteiger partial charge is 0.141 e. The Bertz CT molecular complexity index is 1410. The molecule has 3 heterocycles. The molecule has 0 saturated heterocycles. The lowest BCUT2D eigenvalue weighted by Gasteiger charge is -2.25. The van der Waals surface area contributed by atoms with Crippen molar-refractivity contribution in [3.8, 4) is 11.1 Å². The van der Waals surface area contributed by atoms with E-state index in [9.17, 15) is 0 Å². The third kappa shape index (κ3) is 4.24. The average Bonchev–Trinajstić information content (AvgIpc) is 3.41. The van der Waals surface area contributed by atoms with Gasteiger partial charge >= 0.3 is 0 Å². The van der Waals surface area contributed by atoms with E-state index in [-0.39, 0.29) is 5.92 Å². The van der Waals surface area contributed by atoms with Crippen LogP contribution in [0.1, 0.15) is 62.2 Å². The first kappa shape index (κ1) is 23.3. The number of imidazole rings is 1. The minimum absolute atomic E-state index is 0.109. The fraction of sp³-hybridized carbons (Fsp3) is 0.367. The zero-order valence-electron chi connectivity index (χ0n) is 21.1. The normalized spacial score (nSPS) is 16.1. The molecule has 180 valence electrons. The maximum absolute atomic E-state index is 5.41. The number of pyridine rings is 1. The fourth-order valence-electron chi connectivity index (χ4n) is 5.70. The van der Waals surface area contributed by atoms with E-state index in [1.54, 1.807) is 0 Å². The van der Waals surface area contributed by atoms with Crippen LogP contribution in [-0.2, 0) is 6.54 Å². The van der Waals surface area contributed by atoms with Gasteiger partial charge in [-0.05, 0) is 49.8 Å². The van der Waals surface area contributed by atoms with Gasteiger partial charge in [-0.15, -0.1) is 0 Å². The molecule has 1 atom stereocenters. The Hall–Kier alpha value is -3.47. The van der Waals surface area contributed by atoms with E-state index in [4.69, 9.17) is 14.5 Å². The van der Waals surface area contributed by atoms with Crippen LogP contribution >= 0.6 is 0 Å². The molecule has 1 unspecified atom stereocenters. The highest BCUT2D eigenvalue weighted by Crippen LogP contribution is 2.36. The van der Waals surface area contributed by atoms with Gasteiger partial charge in [-0.2, -0.15) is 0 Å². The molecule has 0 bridgehead atoms. The highest BCUT2D eigenvalue weighted by molar-refractivity contribution is 6.03. The maximum Gasteiger partial charge on any atom is 0.141 e. The second kappa shape index (κ2) is 9.65. The molecule has 35 heavy (non-hydrogen) atoms. The van der Waals surface area contributed by atoms with Crippen molar-refractivity contribution < 1.29 is 4.52 Å². The van der Waals surface area contributed by atoms with Crippen LogP contribution in [0, 0.1) is 19.8 Å². The van der Waals surface area contributed by atoms with Crippen LogP contribution in [0.25, 0.3) is 33.1 Å². The van der Waals surface area contributed by atoms with Crippen molar-refractivity contribution in [1.82, 2.24) is 19.7 Å². The molecule has 3 aromatic heterocycles. The summed E-state index contributed by atoms with van der Waals surface area (Å²) in [6.07, 6.45) is 14.3. The van der Waals surface area contributed by atoms with Crippen LogP contribution in [0.2, 0.25) is 0 Å². The Kier molecular flexibility index (Phi) is 6.42. The zero-order chi connectivity index (χ0) is 24.5. The molecule has 0 radical (unpaired) electrons. The summed E-state index contributed by atoms with van der Waals surface area (Å²) in [5, 5.41) is 5.27. The second-order valence-electron chi connectivity index (χ2n) is 9.84. The van der Waals surface area contributed by atoms with Crippen molar-refractivity contribution in [2.45, 2.75) is 65.3 Å². The number of aromatic nitrogens is 4. The minimum Gasteiger partial charge on any atom is -0.361 e. The molecule has 1 saturated carbocycles. The molecular formula is C30H34N4O. The van der Waals surface area contributed by atoms with E-state index >= 15 is 0 Å². The summed E-state index contributed by atoms with van der Waals surface area (Å²) in [5.41, 5.74) is 7.23. The molecule has 4 aromatic rings. The van der Waals surface area contributed by atoms with Crippen molar-refractivity contribution in [3.05, 3.63) is 78.6 Å². The lowest BCUT2D eigenvalue weighted by Crippen LogP contribution is -2.17. The van der Waals surface area contributed by atoms with Gasteiger partial charge in [0.2, 0.25) is 0 Å². The molecule has 0 N–H and O–H groups in total. The molecule has 1 fully saturated rings. The van der Waals surface area contributed by atoms with Gasteiger partial charge in [-0.1, -0.05) is 74.9 Å². The third-order valence-electron chi connectivity index (χ3n) is 7.52. The predicted molar refractivity (Wildman–Crippen MR) is 143 cm³/mol. The Morgan fingerprint density at radius 2 is 1.97 bits per heavy atom. The predicted octanol–water partition coefficient (Wildman–Crippen LogP) is 7.84. The van der Waals surface area contributed by atoms with Crippen molar-refractivity contribution >= 4 is 21.9 Å². The zero-order valence-corrected chi connectivity index (χ0v) is 21.1. The third-order valence-corrected chi connectivity index (χ3v) is 7.52. The first-order valence-corrected chi connectivity index (χ1v) is 12.7. The Morgan fingerprint density at radius 3 is 2.66 bits per heavy atom. The van der Waals surface area contributed by atoms with E-state index in [1.807, 2.05) is 38.3 Å². The van der Waals surface area contributed by atoms with Crippen LogP contribution < -0.4 is 0 Å². The topological polar surface area (TPSA) is 56.7 Å². The highest BCUT2D eigenvalue weighted by Gasteiger charge is 2.24. The van der Waals surface area contributed by atoms with Gasteiger partial charge in [0.15, 0.2) is 0 Å². The SMILES string of the molecule is C=C/C=C(\C=C)C(C)c1nc2cnc3cc(-c4c(C)noc4C)ccc3c2n1CC1CCCCC1. The standard InChI is InChI=1S/C30H34N4O/c1-6-11-23(7-2)19(3)30-32-27-17-31-26-16-24(28-20(4)33-35-21(28)5)14-15-25(26)29(27)34(30)18-22-12-9-8-10-13-22/h6-7,11,14-17,19,22H,1-2,8-10,12-13,18H2,3-5H3/b23-11+. The molecule has 0 aliphatic heterocycles. The Balaban J connectivity index is 1.70. The van der Waals surface area contributed by atoms with Gasteiger partial charge in [0.1, 0.15) is 17.1 Å². The van der Waals surface area contributed by atoms with Gasteiger partial charge in [0, 0.05) is 23.4 Å². The summed E-state index contributed by atoms with van der Waals surface area (Å²) >= 11 is 0. The Labute approximate surface area is 207 Å². The van der Waals surface area contributed by atoms with Gasteiger partial charge in [-0.3, -0.25) is 4.98 Å². The molecular weight excluding hydrogens is 432 g/mol.